The lowest BCUT2D eigenvalue weighted by molar-refractivity contribution is 0.261. The Balaban J connectivity index is 1.65. The third-order valence-electron chi connectivity index (χ3n) is 3.17. The molecule has 0 atom stereocenters. The fraction of sp³-hybridized carbons (Fsp3) is 0.235. The lowest BCUT2D eigenvalue weighted by Gasteiger charge is -2.11. The normalized spacial score (nSPS) is 11.1. The predicted octanol–water partition coefficient (Wildman–Crippen LogP) is 4.68. The van der Waals surface area contributed by atoms with Gasteiger partial charge >= 0.3 is 0 Å². The molecule has 0 bridgehead atoms. The van der Waals surface area contributed by atoms with Crippen LogP contribution in [-0.4, -0.2) is 37.1 Å². The molecule has 0 saturated carbocycles. The molecule has 0 spiro atoms. The smallest absolute Gasteiger partial charge is 0.279 e. The SMILES string of the molecule is CN(C)CCOc1ccc(Oc2nc3ccc(Cl)cc3s2)cc1. The Morgan fingerprint density at radius 1 is 1.09 bits per heavy atom. The number of thiazole rings is 1. The van der Waals surface area contributed by atoms with Crippen LogP contribution in [0.4, 0.5) is 0 Å². The predicted molar refractivity (Wildman–Crippen MR) is 95.2 cm³/mol. The minimum absolute atomic E-state index is 0.601. The summed E-state index contributed by atoms with van der Waals surface area (Å²) in [7, 11) is 4.04. The van der Waals surface area contributed by atoms with Gasteiger partial charge in [0, 0.05) is 11.6 Å². The Bertz CT molecular complexity index is 787. The molecule has 120 valence electrons. The molecule has 1 heterocycles. The van der Waals surface area contributed by atoms with E-state index >= 15 is 0 Å². The Kier molecular flexibility index (Phi) is 5.00. The molecule has 3 rings (SSSR count). The highest BCUT2D eigenvalue weighted by Gasteiger charge is 2.07. The van der Waals surface area contributed by atoms with E-state index in [1.54, 1.807) is 0 Å². The van der Waals surface area contributed by atoms with Crippen LogP contribution in [-0.2, 0) is 0 Å². The zero-order chi connectivity index (χ0) is 16.2. The summed E-state index contributed by atoms with van der Waals surface area (Å²) < 4.78 is 12.5. The number of halogens is 1. The standard InChI is InChI=1S/C17H17ClN2O2S/c1-20(2)9-10-21-13-4-6-14(7-5-13)22-17-19-15-8-3-12(18)11-16(15)23-17/h3-8,11H,9-10H2,1-2H3. The molecule has 6 heteroatoms. The molecular formula is C17H17ClN2O2S. The first-order valence-corrected chi connectivity index (χ1v) is 8.41. The lowest BCUT2D eigenvalue weighted by atomic mass is 10.3. The summed E-state index contributed by atoms with van der Waals surface area (Å²) in [6.45, 7) is 1.54. The monoisotopic (exact) mass is 348 g/mol. The van der Waals surface area contributed by atoms with Crippen molar-refractivity contribution in [2.75, 3.05) is 27.2 Å². The van der Waals surface area contributed by atoms with Crippen molar-refractivity contribution in [3.63, 3.8) is 0 Å². The van der Waals surface area contributed by atoms with E-state index in [9.17, 15) is 0 Å². The average Bonchev–Trinajstić information content (AvgIpc) is 2.90. The number of fused-ring (bicyclic) bond motifs is 1. The van der Waals surface area contributed by atoms with Crippen LogP contribution < -0.4 is 9.47 Å². The van der Waals surface area contributed by atoms with Crippen LogP contribution in [0.15, 0.2) is 42.5 Å². The lowest BCUT2D eigenvalue weighted by Crippen LogP contribution is -2.19. The summed E-state index contributed by atoms with van der Waals surface area (Å²) in [5, 5.41) is 1.30. The minimum atomic E-state index is 0.601. The summed E-state index contributed by atoms with van der Waals surface area (Å²) in [6, 6.07) is 13.2. The molecule has 0 radical (unpaired) electrons. The van der Waals surface area contributed by atoms with Crippen LogP contribution in [0.1, 0.15) is 0 Å². The Morgan fingerprint density at radius 2 is 1.83 bits per heavy atom. The van der Waals surface area contributed by atoms with E-state index in [0.29, 0.717) is 16.8 Å². The average molecular weight is 349 g/mol. The highest BCUT2D eigenvalue weighted by molar-refractivity contribution is 7.20. The molecule has 0 aliphatic heterocycles. The van der Waals surface area contributed by atoms with E-state index in [1.807, 2.05) is 56.6 Å². The number of hydrogen-bond acceptors (Lipinski definition) is 5. The zero-order valence-corrected chi connectivity index (χ0v) is 14.5. The van der Waals surface area contributed by atoms with Crippen molar-refractivity contribution in [2.24, 2.45) is 0 Å². The molecule has 0 N–H and O–H groups in total. The van der Waals surface area contributed by atoms with Gasteiger partial charge in [0.15, 0.2) is 0 Å². The number of rotatable bonds is 6. The van der Waals surface area contributed by atoms with Gasteiger partial charge in [-0.25, -0.2) is 4.98 Å². The first-order valence-electron chi connectivity index (χ1n) is 7.22. The summed E-state index contributed by atoms with van der Waals surface area (Å²) in [6.07, 6.45) is 0. The van der Waals surface area contributed by atoms with Gasteiger partial charge in [-0.15, -0.1) is 0 Å². The zero-order valence-electron chi connectivity index (χ0n) is 13.0. The molecule has 0 saturated heterocycles. The van der Waals surface area contributed by atoms with Gasteiger partial charge in [0.2, 0.25) is 0 Å². The Hall–Kier alpha value is -1.82. The number of nitrogens with zero attached hydrogens (tertiary/aromatic N) is 2. The first kappa shape index (κ1) is 16.1. The van der Waals surface area contributed by atoms with Crippen molar-refractivity contribution in [3.8, 4) is 16.7 Å². The van der Waals surface area contributed by atoms with E-state index in [2.05, 4.69) is 9.88 Å². The third kappa shape index (κ3) is 4.34. The van der Waals surface area contributed by atoms with Gasteiger partial charge in [-0.3, -0.25) is 0 Å². The number of benzene rings is 2. The second-order valence-electron chi connectivity index (χ2n) is 5.32. The van der Waals surface area contributed by atoms with Gasteiger partial charge in [-0.05, 0) is 56.6 Å². The summed E-state index contributed by atoms with van der Waals surface area (Å²) in [5.74, 6) is 1.56. The van der Waals surface area contributed by atoms with Crippen molar-refractivity contribution < 1.29 is 9.47 Å². The maximum Gasteiger partial charge on any atom is 0.279 e. The van der Waals surface area contributed by atoms with Gasteiger partial charge in [0.25, 0.3) is 5.19 Å². The van der Waals surface area contributed by atoms with E-state index < -0.39 is 0 Å². The van der Waals surface area contributed by atoms with Gasteiger partial charge in [-0.1, -0.05) is 22.9 Å². The topological polar surface area (TPSA) is 34.6 Å². The number of ether oxygens (including phenoxy) is 2. The number of aromatic nitrogens is 1. The van der Waals surface area contributed by atoms with Gasteiger partial charge in [0.05, 0.1) is 10.2 Å². The van der Waals surface area contributed by atoms with E-state index in [4.69, 9.17) is 21.1 Å². The molecule has 4 nitrogen and oxygen atoms in total. The van der Waals surface area contributed by atoms with E-state index in [-0.39, 0.29) is 0 Å². The van der Waals surface area contributed by atoms with Gasteiger partial charge in [0.1, 0.15) is 18.1 Å². The molecule has 0 aliphatic rings. The van der Waals surface area contributed by atoms with Crippen molar-refractivity contribution in [1.29, 1.82) is 0 Å². The first-order chi connectivity index (χ1) is 11.1. The van der Waals surface area contributed by atoms with E-state index in [0.717, 1.165) is 28.3 Å². The largest absolute Gasteiger partial charge is 0.492 e. The molecule has 1 aromatic heterocycles. The van der Waals surface area contributed by atoms with Crippen molar-refractivity contribution in [2.45, 2.75) is 0 Å². The molecular weight excluding hydrogens is 332 g/mol. The molecule has 23 heavy (non-hydrogen) atoms. The maximum absolute atomic E-state index is 5.99. The minimum Gasteiger partial charge on any atom is -0.492 e. The molecule has 2 aromatic carbocycles. The summed E-state index contributed by atoms with van der Waals surface area (Å²) in [4.78, 5) is 6.52. The summed E-state index contributed by atoms with van der Waals surface area (Å²) in [5.41, 5.74) is 0.887. The van der Waals surface area contributed by atoms with Crippen LogP contribution in [0, 0.1) is 0 Å². The fourth-order valence-electron chi connectivity index (χ4n) is 1.97. The molecule has 0 amide bonds. The molecule has 0 fully saturated rings. The second-order valence-corrected chi connectivity index (χ2v) is 6.75. The third-order valence-corrected chi connectivity index (χ3v) is 4.30. The summed E-state index contributed by atoms with van der Waals surface area (Å²) >= 11 is 7.46. The van der Waals surface area contributed by atoms with Crippen LogP contribution in [0.25, 0.3) is 10.2 Å². The molecule has 0 unspecified atom stereocenters. The van der Waals surface area contributed by atoms with Gasteiger partial charge in [-0.2, -0.15) is 0 Å². The van der Waals surface area contributed by atoms with Crippen molar-refractivity contribution in [1.82, 2.24) is 9.88 Å². The molecule has 3 aromatic rings. The number of hydrogen-bond donors (Lipinski definition) is 0. The Labute approximate surface area is 144 Å². The van der Waals surface area contributed by atoms with Crippen molar-refractivity contribution in [3.05, 3.63) is 47.5 Å². The highest BCUT2D eigenvalue weighted by atomic mass is 35.5. The number of likely N-dealkylation sites (N-methyl/N-ethyl adjacent to an activating group) is 1. The maximum atomic E-state index is 5.99. The quantitative estimate of drug-likeness (QED) is 0.647. The van der Waals surface area contributed by atoms with Gasteiger partial charge < -0.3 is 14.4 Å². The van der Waals surface area contributed by atoms with Crippen LogP contribution >= 0.6 is 22.9 Å². The molecule has 0 aliphatic carbocycles. The van der Waals surface area contributed by atoms with Crippen molar-refractivity contribution >= 4 is 33.2 Å². The fourth-order valence-corrected chi connectivity index (χ4v) is 3.08. The Morgan fingerprint density at radius 3 is 2.57 bits per heavy atom. The van der Waals surface area contributed by atoms with Crippen LogP contribution in [0.5, 0.6) is 16.7 Å². The highest BCUT2D eigenvalue weighted by Crippen LogP contribution is 2.33. The van der Waals surface area contributed by atoms with Crippen LogP contribution in [0.2, 0.25) is 5.02 Å². The van der Waals surface area contributed by atoms with Crippen LogP contribution in [0.3, 0.4) is 0 Å². The van der Waals surface area contributed by atoms with E-state index in [1.165, 1.54) is 11.3 Å². The second kappa shape index (κ2) is 7.17.